The van der Waals surface area contributed by atoms with Gasteiger partial charge in [-0.25, -0.2) is 24.0 Å². The molecule has 1 fully saturated rings. The molecule has 1 aliphatic carbocycles. The zero-order valence-corrected chi connectivity index (χ0v) is 12.6. The van der Waals surface area contributed by atoms with E-state index in [1.54, 1.807) is 30.3 Å². The van der Waals surface area contributed by atoms with Gasteiger partial charge < -0.3 is 5.43 Å². The minimum absolute atomic E-state index is 0.262. The average molecular weight is 306 g/mol. The lowest BCUT2D eigenvalue weighted by Crippen LogP contribution is -2.50. The van der Waals surface area contributed by atoms with Gasteiger partial charge in [0, 0.05) is 10.9 Å². The number of anilines is 1. The largest absolute Gasteiger partial charge is 0.308 e. The number of hydrogen-bond donors (Lipinski definition) is 3. The number of nitrogen functional groups attached to an aromatic ring is 1. The van der Waals surface area contributed by atoms with E-state index in [9.17, 15) is 8.42 Å². The second kappa shape index (κ2) is 4.94. The lowest BCUT2D eigenvalue weighted by molar-refractivity contribution is 0.248. The fourth-order valence-corrected chi connectivity index (χ4v) is 4.04. The molecule has 3 rings (SSSR count). The van der Waals surface area contributed by atoms with Gasteiger partial charge in [-0.3, -0.25) is 0 Å². The summed E-state index contributed by atoms with van der Waals surface area (Å²) < 4.78 is 27.7. The van der Waals surface area contributed by atoms with Gasteiger partial charge in [-0.15, -0.1) is 0 Å². The average Bonchev–Trinajstić information content (AvgIpc) is 2.44. The number of aromatic nitrogens is 1. The van der Waals surface area contributed by atoms with Gasteiger partial charge in [-0.05, 0) is 56.5 Å². The Labute approximate surface area is 123 Å². The van der Waals surface area contributed by atoms with Crippen LogP contribution >= 0.6 is 0 Å². The first-order valence-corrected chi connectivity index (χ1v) is 8.32. The summed E-state index contributed by atoms with van der Waals surface area (Å²) in [6.07, 6.45) is 2.83. The van der Waals surface area contributed by atoms with Crippen LogP contribution in [0.5, 0.6) is 0 Å². The Kier molecular flexibility index (Phi) is 3.35. The van der Waals surface area contributed by atoms with Crippen LogP contribution in [0.1, 0.15) is 26.2 Å². The molecule has 2 aromatic rings. The summed E-state index contributed by atoms with van der Waals surface area (Å²) in [5, 5.41) is 0.760. The van der Waals surface area contributed by atoms with Gasteiger partial charge in [0.15, 0.2) is 0 Å². The molecule has 0 spiro atoms. The van der Waals surface area contributed by atoms with Crippen molar-refractivity contribution in [3.05, 3.63) is 30.3 Å². The highest BCUT2D eigenvalue weighted by Crippen LogP contribution is 2.33. The predicted molar refractivity (Wildman–Crippen MR) is 82.1 cm³/mol. The molecule has 0 unspecified atom stereocenters. The second-order valence-electron chi connectivity index (χ2n) is 5.72. The number of nitrogens with one attached hydrogen (secondary N) is 2. The summed E-state index contributed by atoms with van der Waals surface area (Å²) in [5.74, 6) is 5.85. The molecule has 7 heteroatoms. The maximum atomic E-state index is 12.4. The van der Waals surface area contributed by atoms with Crippen LogP contribution in [0.3, 0.4) is 0 Å². The number of hydrazine groups is 1. The molecule has 1 saturated carbocycles. The third kappa shape index (κ3) is 2.72. The van der Waals surface area contributed by atoms with Gasteiger partial charge in [0.05, 0.1) is 10.4 Å². The number of pyridine rings is 1. The summed E-state index contributed by atoms with van der Waals surface area (Å²) in [5.41, 5.74) is 2.86. The van der Waals surface area contributed by atoms with Crippen LogP contribution in [0.4, 0.5) is 5.82 Å². The van der Waals surface area contributed by atoms with Gasteiger partial charge in [0.2, 0.25) is 10.0 Å². The standard InChI is InChI=1S/C14H18N4O2S/c1-14(7-2-8-14)18-21(19,20)11-4-5-12-10(9-11)3-6-13(16-12)17-15/h3-6,9,18H,2,7-8,15H2,1H3,(H,16,17). The van der Waals surface area contributed by atoms with E-state index in [0.717, 1.165) is 24.6 Å². The monoisotopic (exact) mass is 306 g/mol. The molecular weight excluding hydrogens is 288 g/mol. The maximum Gasteiger partial charge on any atom is 0.241 e. The third-order valence-corrected chi connectivity index (χ3v) is 5.59. The minimum Gasteiger partial charge on any atom is -0.308 e. The van der Waals surface area contributed by atoms with E-state index in [2.05, 4.69) is 15.1 Å². The van der Waals surface area contributed by atoms with Crippen LogP contribution < -0.4 is 16.0 Å². The highest BCUT2D eigenvalue weighted by molar-refractivity contribution is 7.89. The van der Waals surface area contributed by atoms with Gasteiger partial charge in [-0.1, -0.05) is 0 Å². The Morgan fingerprint density at radius 3 is 2.62 bits per heavy atom. The van der Waals surface area contributed by atoms with E-state index in [1.807, 2.05) is 6.92 Å². The van der Waals surface area contributed by atoms with Crippen molar-refractivity contribution in [3.63, 3.8) is 0 Å². The molecule has 1 aromatic carbocycles. The van der Waals surface area contributed by atoms with Gasteiger partial charge in [0.25, 0.3) is 0 Å². The molecule has 0 bridgehead atoms. The Balaban J connectivity index is 1.96. The molecule has 112 valence electrons. The third-order valence-electron chi connectivity index (χ3n) is 3.96. The zero-order valence-electron chi connectivity index (χ0n) is 11.8. The topological polar surface area (TPSA) is 97.1 Å². The quantitative estimate of drug-likeness (QED) is 0.590. The Bertz CT molecular complexity index is 785. The van der Waals surface area contributed by atoms with Gasteiger partial charge >= 0.3 is 0 Å². The Morgan fingerprint density at radius 1 is 1.24 bits per heavy atom. The van der Waals surface area contributed by atoms with Gasteiger partial charge in [-0.2, -0.15) is 0 Å². The van der Waals surface area contributed by atoms with Crippen LogP contribution in [0.25, 0.3) is 10.9 Å². The SMILES string of the molecule is CC1(NS(=O)(=O)c2ccc3nc(NN)ccc3c2)CCC1. The molecule has 4 N–H and O–H groups in total. The number of rotatable bonds is 4. The highest BCUT2D eigenvalue weighted by atomic mass is 32.2. The van der Waals surface area contributed by atoms with Crippen LogP contribution in [-0.4, -0.2) is 18.9 Å². The van der Waals surface area contributed by atoms with Crippen molar-refractivity contribution in [2.45, 2.75) is 36.6 Å². The zero-order chi connectivity index (χ0) is 15.1. The summed E-state index contributed by atoms with van der Waals surface area (Å²) >= 11 is 0. The number of nitrogens with zero attached hydrogens (tertiary/aromatic N) is 1. The first-order valence-electron chi connectivity index (χ1n) is 6.83. The first kappa shape index (κ1) is 14.2. The molecule has 1 aliphatic rings. The maximum absolute atomic E-state index is 12.4. The molecule has 0 atom stereocenters. The Morgan fingerprint density at radius 2 is 2.00 bits per heavy atom. The summed E-state index contributed by atoms with van der Waals surface area (Å²) in [4.78, 5) is 4.53. The highest BCUT2D eigenvalue weighted by Gasteiger charge is 2.36. The lowest BCUT2D eigenvalue weighted by Gasteiger charge is -2.38. The van der Waals surface area contributed by atoms with Crippen molar-refractivity contribution in [1.82, 2.24) is 9.71 Å². The lowest BCUT2D eigenvalue weighted by atomic mass is 9.80. The van der Waals surface area contributed by atoms with E-state index in [0.29, 0.717) is 11.3 Å². The van der Waals surface area contributed by atoms with E-state index in [4.69, 9.17) is 5.84 Å². The van der Waals surface area contributed by atoms with Crippen LogP contribution in [-0.2, 0) is 10.0 Å². The number of hydrogen-bond acceptors (Lipinski definition) is 5. The minimum atomic E-state index is -3.50. The molecule has 0 saturated heterocycles. The van der Waals surface area contributed by atoms with Crippen molar-refractivity contribution in [2.24, 2.45) is 5.84 Å². The smallest absolute Gasteiger partial charge is 0.241 e. The van der Waals surface area contributed by atoms with Crippen LogP contribution in [0, 0.1) is 0 Å². The molecule has 6 nitrogen and oxygen atoms in total. The van der Waals surface area contributed by atoms with E-state index in [-0.39, 0.29) is 10.4 Å². The molecule has 0 amide bonds. The summed E-state index contributed by atoms with van der Waals surface area (Å²) in [6.45, 7) is 1.94. The number of sulfonamides is 1. The van der Waals surface area contributed by atoms with Crippen molar-refractivity contribution in [2.75, 3.05) is 5.43 Å². The summed E-state index contributed by atoms with van der Waals surface area (Å²) in [6, 6.07) is 8.39. The predicted octanol–water partition coefficient (Wildman–Crippen LogP) is 1.74. The Hall–Kier alpha value is -1.70. The van der Waals surface area contributed by atoms with E-state index in [1.165, 1.54) is 0 Å². The van der Waals surface area contributed by atoms with E-state index < -0.39 is 10.0 Å². The second-order valence-corrected chi connectivity index (χ2v) is 7.40. The number of nitrogens with two attached hydrogens (primary N) is 1. The summed E-state index contributed by atoms with van der Waals surface area (Å²) in [7, 11) is -3.50. The fraction of sp³-hybridized carbons (Fsp3) is 0.357. The molecule has 1 aromatic heterocycles. The fourth-order valence-electron chi connectivity index (χ4n) is 2.54. The van der Waals surface area contributed by atoms with Gasteiger partial charge in [0.1, 0.15) is 5.82 Å². The van der Waals surface area contributed by atoms with Crippen LogP contribution in [0.2, 0.25) is 0 Å². The molecule has 0 aliphatic heterocycles. The molecular formula is C14H18N4O2S. The van der Waals surface area contributed by atoms with Crippen molar-refractivity contribution < 1.29 is 8.42 Å². The van der Waals surface area contributed by atoms with E-state index >= 15 is 0 Å². The van der Waals surface area contributed by atoms with Crippen molar-refractivity contribution in [3.8, 4) is 0 Å². The number of benzene rings is 1. The van der Waals surface area contributed by atoms with Crippen molar-refractivity contribution in [1.29, 1.82) is 0 Å². The van der Waals surface area contributed by atoms with Crippen LogP contribution in [0.15, 0.2) is 35.2 Å². The molecule has 0 radical (unpaired) electrons. The molecule has 21 heavy (non-hydrogen) atoms. The molecule has 1 heterocycles. The first-order chi connectivity index (χ1) is 9.92. The van der Waals surface area contributed by atoms with Crippen molar-refractivity contribution >= 4 is 26.7 Å². The normalized spacial score (nSPS) is 17.4. The number of fused-ring (bicyclic) bond motifs is 1.